The van der Waals surface area contributed by atoms with E-state index in [4.69, 9.17) is 0 Å². The molecule has 0 aliphatic heterocycles. The number of carbonyl (C=O) groups excluding carboxylic acids is 1. The van der Waals surface area contributed by atoms with Crippen LogP contribution in [-0.2, 0) is 0 Å². The number of nitrogens with one attached hydrogen (secondary N) is 2. The Bertz CT molecular complexity index is 397. The van der Waals surface area contributed by atoms with E-state index >= 15 is 0 Å². The van der Waals surface area contributed by atoms with Gasteiger partial charge in [0.25, 0.3) is 5.91 Å². The van der Waals surface area contributed by atoms with E-state index in [9.17, 15) is 4.79 Å². The zero-order valence-corrected chi connectivity index (χ0v) is 13.1. The second-order valence-electron chi connectivity index (χ2n) is 5.16. The third-order valence-corrected chi connectivity index (χ3v) is 3.21. The van der Waals surface area contributed by atoms with E-state index in [1.54, 1.807) is 0 Å². The fourth-order valence-electron chi connectivity index (χ4n) is 2.02. The lowest BCUT2D eigenvalue weighted by molar-refractivity contribution is 0.0949. The summed E-state index contributed by atoms with van der Waals surface area (Å²) in [7, 11) is 0. The first kappa shape index (κ1) is 16.5. The van der Waals surface area contributed by atoms with Crippen LogP contribution in [0.4, 0.5) is 5.69 Å². The Hall–Kier alpha value is -1.55. The first-order valence-electron chi connectivity index (χ1n) is 7.44. The largest absolute Gasteiger partial charge is 0.383 e. The van der Waals surface area contributed by atoms with Crippen molar-refractivity contribution in [2.24, 2.45) is 0 Å². The van der Waals surface area contributed by atoms with Gasteiger partial charge < -0.3 is 15.5 Å². The molecule has 0 aromatic heterocycles. The number of likely N-dealkylation sites (N-methyl/N-ethyl adjacent to an activating group) is 1. The normalized spacial score (nSPS) is 10.9. The number of hydrogen-bond donors (Lipinski definition) is 2. The quantitative estimate of drug-likeness (QED) is 0.767. The van der Waals surface area contributed by atoms with Crippen molar-refractivity contribution in [1.82, 2.24) is 10.2 Å². The summed E-state index contributed by atoms with van der Waals surface area (Å²) in [6, 6.07) is 8.00. The monoisotopic (exact) mass is 277 g/mol. The lowest BCUT2D eigenvalue weighted by Crippen LogP contribution is -2.34. The van der Waals surface area contributed by atoms with E-state index in [1.807, 2.05) is 24.3 Å². The third kappa shape index (κ3) is 5.61. The highest BCUT2D eigenvalue weighted by atomic mass is 16.1. The summed E-state index contributed by atoms with van der Waals surface area (Å²) in [6.07, 6.45) is 0. The smallest absolute Gasteiger partial charge is 0.251 e. The van der Waals surface area contributed by atoms with Crippen LogP contribution < -0.4 is 10.6 Å². The van der Waals surface area contributed by atoms with E-state index < -0.39 is 0 Å². The molecular weight excluding hydrogens is 250 g/mol. The number of amides is 1. The van der Waals surface area contributed by atoms with Gasteiger partial charge in [0.05, 0.1) is 0 Å². The van der Waals surface area contributed by atoms with Crippen molar-refractivity contribution < 1.29 is 4.79 Å². The van der Waals surface area contributed by atoms with Crippen molar-refractivity contribution in [3.05, 3.63) is 29.8 Å². The maximum atomic E-state index is 12.0. The molecule has 2 N–H and O–H groups in total. The Labute approximate surface area is 122 Å². The van der Waals surface area contributed by atoms with Crippen LogP contribution in [0.2, 0.25) is 0 Å². The molecule has 4 heteroatoms. The molecule has 0 saturated carbocycles. The highest BCUT2D eigenvalue weighted by molar-refractivity contribution is 5.94. The molecule has 0 radical (unpaired) electrons. The van der Waals surface area contributed by atoms with Crippen molar-refractivity contribution >= 4 is 11.6 Å². The fraction of sp³-hybridized carbons (Fsp3) is 0.562. The molecule has 1 amide bonds. The number of nitrogens with zero attached hydrogens (tertiary/aromatic N) is 1. The molecule has 0 aliphatic carbocycles. The molecule has 0 saturated heterocycles. The van der Waals surface area contributed by atoms with Crippen LogP contribution in [0.3, 0.4) is 0 Å². The Morgan fingerprint density at radius 1 is 1.15 bits per heavy atom. The lowest BCUT2D eigenvalue weighted by Gasteiger charge is -2.18. The number of rotatable bonds is 8. The number of hydrogen-bond acceptors (Lipinski definition) is 3. The van der Waals surface area contributed by atoms with Crippen molar-refractivity contribution in [3.8, 4) is 0 Å². The van der Waals surface area contributed by atoms with E-state index in [-0.39, 0.29) is 5.91 Å². The molecule has 0 unspecified atom stereocenters. The number of carbonyl (C=O) groups is 1. The summed E-state index contributed by atoms with van der Waals surface area (Å²) in [4.78, 5) is 14.3. The molecule has 112 valence electrons. The molecule has 0 heterocycles. The highest BCUT2D eigenvalue weighted by Crippen LogP contribution is 2.10. The van der Waals surface area contributed by atoms with Crippen LogP contribution >= 0.6 is 0 Å². The summed E-state index contributed by atoms with van der Waals surface area (Å²) in [5.74, 6) is -0.00625. The molecule has 1 rings (SSSR count). The van der Waals surface area contributed by atoms with Crippen LogP contribution in [0.25, 0.3) is 0 Å². The van der Waals surface area contributed by atoms with Crippen molar-refractivity contribution in [3.63, 3.8) is 0 Å². The second kappa shape index (κ2) is 8.59. The molecular formula is C16H27N3O. The first-order chi connectivity index (χ1) is 9.56. The lowest BCUT2D eigenvalue weighted by atomic mass is 10.2. The van der Waals surface area contributed by atoms with Gasteiger partial charge in [0.15, 0.2) is 0 Å². The van der Waals surface area contributed by atoms with Gasteiger partial charge in [0.1, 0.15) is 0 Å². The second-order valence-corrected chi connectivity index (χ2v) is 5.16. The minimum Gasteiger partial charge on any atom is -0.383 e. The predicted molar refractivity (Wildman–Crippen MR) is 85.3 cm³/mol. The van der Waals surface area contributed by atoms with Gasteiger partial charge in [-0.15, -0.1) is 0 Å². The molecule has 1 aromatic carbocycles. The molecule has 0 atom stereocenters. The topological polar surface area (TPSA) is 44.4 Å². The molecule has 20 heavy (non-hydrogen) atoms. The van der Waals surface area contributed by atoms with Crippen molar-refractivity contribution in [2.75, 3.05) is 31.5 Å². The Balaban J connectivity index is 2.43. The van der Waals surface area contributed by atoms with Crippen LogP contribution in [-0.4, -0.2) is 43.0 Å². The Morgan fingerprint density at radius 3 is 2.25 bits per heavy atom. The summed E-state index contributed by atoms with van der Waals surface area (Å²) in [5, 5.41) is 6.26. The van der Waals surface area contributed by atoms with E-state index in [2.05, 4.69) is 43.2 Å². The number of anilines is 1. The fourth-order valence-corrected chi connectivity index (χ4v) is 2.02. The summed E-state index contributed by atoms with van der Waals surface area (Å²) in [5.41, 5.74) is 1.75. The van der Waals surface area contributed by atoms with E-state index in [1.165, 1.54) is 0 Å². The predicted octanol–water partition coefficient (Wildman–Crippen LogP) is 2.58. The van der Waals surface area contributed by atoms with Crippen LogP contribution in [0.5, 0.6) is 0 Å². The van der Waals surface area contributed by atoms with Gasteiger partial charge in [-0.05, 0) is 51.2 Å². The van der Waals surface area contributed by atoms with Gasteiger partial charge in [-0.2, -0.15) is 0 Å². The summed E-state index contributed by atoms with van der Waals surface area (Å²) >= 11 is 0. The average Bonchev–Trinajstić information content (AvgIpc) is 2.43. The van der Waals surface area contributed by atoms with Crippen molar-refractivity contribution in [1.29, 1.82) is 0 Å². The highest BCUT2D eigenvalue weighted by Gasteiger charge is 2.06. The molecule has 0 aliphatic rings. The van der Waals surface area contributed by atoms with Gasteiger partial charge in [-0.1, -0.05) is 13.8 Å². The van der Waals surface area contributed by atoms with Gasteiger partial charge in [-0.3, -0.25) is 4.79 Å². The minimum absolute atomic E-state index is 0.00625. The van der Waals surface area contributed by atoms with Crippen molar-refractivity contribution in [2.45, 2.75) is 33.7 Å². The third-order valence-electron chi connectivity index (χ3n) is 3.21. The van der Waals surface area contributed by atoms with Gasteiger partial charge in [0, 0.05) is 30.4 Å². The van der Waals surface area contributed by atoms with E-state index in [0.717, 1.165) is 25.3 Å². The summed E-state index contributed by atoms with van der Waals surface area (Å²) < 4.78 is 0. The van der Waals surface area contributed by atoms with Crippen LogP contribution in [0.15, 0.2) is 24.3 Å². The standard InChI is InChI=1S/C16H27N3O/c1-5-19(6-2)12-11-17-16(20)14-7-9-15(10-8-14)18-13(3)4/h7-10,13,18H,5-6,11-12H2,1-4H3,(H,17,20). The zero-order chi connectivity index (χ0) is 15.0. The van der Waals surface area contributed by atoms with Gasteiger partial charge in [0.2, 0.25) is 0 Å². The average molecular weight is 277 g/mol. The molecule has 4 nitrogen and oxygen atoms in total. The number of benzene rings is 1. The minimum atomic E-state index is -0.00625. The molecule has 1 aromatic rings. The van der Waals surface area contributed by atoms with Crippen LogP contribution in [0, 0.1) is 0 Å². The maximum Gasteiger partial charge on any atom is 0.251 e. The Morgan fingerprint density at radius 2 is 1.75 bits per heavy atom. The van der Waals surface area contributed by atoms with Gasteiger partial charge >= 0.3 is 0 Å². The zero-order valence-electron chi connectivity index (χ0n) is 13.1. The summed E-state index contributed by atoms with van der Waals surface area (Å²) in [6.45, 7) is 12.1. The van der Waals surface area contributed by atoms with Gasteiger partial charge in [-0.25, -0.2) is 0 Å². The molecule has 0 bridgehead atoms. The Kier molecular flexibility index (Phi) is 7.09. The molecule has 0 fully saturated rings. The molecule has 0 spiro atoms. The SMILES string of the molecule is CCN(CC)CCNC(=O)c1ccc(NC(C)C)cc1. The van der Waals surface area contributed by atoms with Crippen LogP contribution in [0.1, 0.15) is 38.1 Å². The van der Waals surface area contributed by atoms with E-state index in [0.29, 0.717) is 18.2 Å². The first-order valence-corrected chi connectivity index (χ1v) is 7.44. The maximum absolute atomic E-state index is 12.0.